The van der Waals surface area contributed by atoms with Gasteiger partial charge in [0.05, 0.1) is 11.0 Å². The van der Waals surface area contributed by atoms with Gasteiger partial charge in [-0.15, -0.1) is 11.8 Å². The Bertz CT molecular complexity index is 670. The van der Waals surface area contributed by atoms with Crippen LogP contribution in [0.5, 0.6) is 0 Å². The molecule has 0 aromatic heterocycles. The summed E-state index contributed by atoms with van der Waals surface area (Å²) in [7, 11) is 0. The van der Waals surface area contributed by atoms with E-state index in [1.165, 1.54) is 42.4 Å². The molecule has 0 unspecified atom stereocenters. The first-order valence-electron chi connectivity index (χ1n) is 8.79. The third-order valence-electron chi connectivity index (χ3n) is 4.37. The number of rotatable bonds is 6. The molecule has 6 heteroatoms. The first kappa shape index (κ1) is 18.9. The number of nitrogens with one attached hydrogen (secondary N) is 1. The van der Waals surface area contributed by atoms with Gasteiger partial charge in [0, 0.05) is 13.1 Å². The van der Waals surface area contributed by atoms with E-state index in [-0.39, 0.29) is 28.5 Å². The number of hydrogen-bond donors (Lipinski definition) is 1. The minimum Gasteiger partial charge on any atom is -0.288 e. The fourth-order valence-corrected chi connectivity index (χ4v) is 4.12. The van der Waals surface area contributed by atoms with E-state index >= 15 is 0 Å². The van der Waals surface area contributed by atoms with Crippen molar-refractivity contribution < 1.29 is 13.6 Å². The van der Waals surface area contributed by atoms with Crippen molar-refractivity contribution in [2.75, 3.05) is 18.8 Å². The molecule has 0 spiro atoms. The molecule has 26 heavy (non-hydrogen) atoms. The predicted octanol–water partition coefficient (Wildman–Crippen LogP) is 4.30. The zero-order valence-electron chi connectivity index (χ0n) is 14.5. The smallest absolute Gasteiger partial charge is 0.244 e. The van der Waals surface area contributed by atoms with Crippen LogP contribution in [0.25, 0.3) is 0 Å². The number of nitrogens with zero attached hydrogens (tertiary/aromatic N) is 1. The van der Waals surface area contributed by atoms with E-state index in [9.17, 15) is 13.6 Å². The second-order valence-corrected chi connectivity index (χ2v) is 7.47. The Morgan fingerprint density at radius 3 is 1.92 bits per heavy atom. The number of thioether (sulfide) groups is 1. The van der Waals surface area contributed by atoms with Crippen LogP contribution in [0.15, 0.2) is 48.5 Å². The minimum atomic E-state index is -0.306. The quantitative estimate of drug-likeness (QED) is 0.816. The fraction of sp³-hybridized carbons (Fsp3) is 0.350. The van der Waals surface area contributed by atoms with Gasteiger partial charge in [-0.05, 0) is 48.2 Å². The van der Waals surface area contributed by atoms with Gasteiger partial charge < -0.3 is 0 Å². The minimum absolute atomic E-state index is 0.0499. The molecule has 0 atom stereocenters. The van der Waals surface area contributed by atoms with Gasteiger partial charge in [0.15, 0.2) is 0 Å². The van der Waals surface area contributed by atoms with Gasteiger partial charge in [-0.3, -0.25) is 10.2 Å². The molecular formula is C20H22F2N2OS. The van der Waals surface area contributed by atoms with Crippen molar-refractivity contribution in [2.24, 2.45) is 0 Å². The van der Waals surface area contributed by atoms with Crippen molar-refractivity contribution in [3.63, 3.8) is 0 Å². The summed E-state index contributed by atoms with van der Waals surface area (Å²) in [5, 5.41) is 1.81. The first-order valence-corrected chi connectivity index (χ1v) is 9.83. The summed E-state index contributed by atoms with van der Waals surface area (Å²) in [6.45, 7) is 1.77. The molecule has 1 saturated heterocycles. The maximum Gasteiger partial charge on any atom is 0.244 e. The van der Waals surface area contributed by atoms with E-state index < -0.39 is 0 Å². The Labute approximate surface area is 156 Å². The predicted molar refractivity (Wildman–Crippen MR) is 101 cm³/mol. The summed E-state index contributed by atoms with van der Waals surface area (Å²) < 4.78 is 26.5. The third-order valence-corrected chi connectivity index (χ3v) is 5.67. The lowest BCUT2D eigenvalue weighted by atomic mass is 10.0. The zero-order valence-corrected chi connectivity index (χ0v) is 15.3. The van der Waals surface area contributed by atoms with Crippen molar-refractivity contribution in [1.29, 1.82) is 0 Å². The van der Waals surface area contributed by atoms with Crippen LogP contribution in [-0.2, 0) is 4.79 Å². The summed E-state index contributed by atoms with van der Waals surface area (Å²) in [5.41, 5.74) is 4.72. The van der Waals surface area contributed by atoms with Crippen molar-refractivity contribution in [2.45, 2.75) is 24.5 Å². The zero-order chi connectivity index (χ0) is 18.4. The van der Waals surface area contributed by atoms with Crippen LogP contribution < -0.4 is 5.43 Å². The highest BCUT2D eigenvalue weighted by atomic mass is 32.2. The van der Waals surface area contributed by atoms with E-state index in [0.29, 0.717) is 0 Å². The van der Waals surface area contributed by atoms with Gasteiger partial charge in [-0.2, -0.15) is 0 Å². The van der Waals surface area contributed by atoms with E-state index in [2.05, 4.69) is 5.43 Å². The van der Waals surface area contributed by atoms with Crippen LogP contribution in [-0.4, -0.2) is 29.8 Å². The lowest BCUT2D eigenvalue weighted by molar-refractivity contribution is -0.123. The van der Waals surface area contributed by atoms with Gasteiger partial charge >= 0.3 is 0 Å². The average Bonchev–Trinajstić information content (AvgIpc) is 2.65. The number of hydrazine groups is 1. The van der Waals surface area contributed by atoms with E-state index in [4.69, 9.17) is 0 Å². The Balaban J connectivity index is 1.68. The fourth-order valence-electron chi connectivity index (χ4n) is 3.03. The molecule has 2 aromatic carbocycles. The van der Waals surface area contributed by atoms with Crippen molar-refractivity contribution in [3.8, 4) is 0 Å². The largest absolute Gasteiger partial charge is 0.288 e. The topological polar surface area (TPSA) is 32.3 Å². The maximum atomic E-state index is 13.3. The number of halogens is 2. The molecule has 1 aliphatic heterocycles. The van der Waals surface area contributed by atoms with Crippen LogP contribution >= 0.6 is 11.8 Å². The van der Waals surface area contributed by atoms with Crippen LogP contribution in [0, 0.1) is 11.6 Å². The number of amides is 1. The Hall–Kier alpha value is -1.92. The summed E-state index contributed by atoms with van der Waals surface area (Å²) in [6.07, 6.45) is 3.40. The lowest BCUT2D eigenvalue weighted by Crippen LogP contribution is -2.45. The molecule has 3 nitrogen and oxygen atoms in total. The third kappa shape index (κ3) is 5.29. The van der Waals surface area contributed by atoms with E-state index in [1.54, 1.807) is 24.3 Å². The molecule has 1 fully saturated rings. The second kappa shape index (κ2) is 9.14. The molecule has 3 rings (SSSR count). The highest BCUT2D eigenvalue weighted by Crippen LogP contribution is 2.35. The standard InChI is InChI=1S/C20H22F2N2OS/c21-17-8-4-15(5-9-17)20(16-6-10-18(22)11-7-16)26-14-19(25)23-24-12-2-1-3-13-24/h4-11,20H,1-3,12-14H2,(H,23,25). The molecular weight excluding hydrogens is 354 g/mol. The van der Waals surface area contributed by atoms with Gasteiger partial charge in [0.2, 0.25) is 5.91 Å². The molecule has 138 valence electrons. The van der Waals surface area contributed by atoms with Gasteiger partial charge in [0.25, 0.3) is 0 Å². The molecule has 2 aromatic rings. The number of piperidine rings is 1. The SMILES string of the molecule is O=C(CSC(c1ccc(F)cc1)c1ccc(F)cc1)NN1CCCCC1. The van der Waals surface area contributed by atoms with Crippen LogP contribution in [0.2, 0.25) is 0 Å². The number of carbonyl (C=O) groups excluding carboxylic acids is 1. The maximum absolute atomic E-state index is 13.3. The van der Waals surface area contributed by atoms with Crippen molar-refractivity contribution >= 4 is 17.7 Å². The Morgan fingerprint density at radius 2 is 1.42 bits per heavy atom. The van der Waals surface area contributed by atoms with Crippen molar-refractivity contribution in [1.82, 2.24) is 10.4 Å². The molecule has 1 aliphatic rings. The molecule has 0 bridgehead atoms. The van der Waals surface area contributed by atoms with Gasteiger partial charge in [0.1, 0.15) is 11.6 Å². The highest BCUT2D eigenvalue weighted by Gasteiger charge is 2.18. The summed E-state index contributed by atoms with van der Waals surface area (Å²) >= 11 is 1.45. The first-order chi connectivity index (χ1) is 12.6. The monoisotopic (exact) mass is 376 g/mol. The lowest BCUT2D eigenvalue weighted by Gasteiger charge is -2.27. The molecule has 0 radical (unpaired) electrons. The Kier molecular flexibility index (Phi) is 6.63. The van der Waals surface area contributed by atoms with E-state index in [0.717, 1.165) is 37.1 Å². The molecule has 1 heterocycles. The summed E-state index contributed by atoms with van der Waals surface area (Å²) in [6, 6.07) is 12.4. The Morgan fingerprint density at radius 1 is 0.923 bits per heavy atom. The molecule has 0 aliphatic carbocycles. The van der Waals surface area contributed by atoms with Crippen LogP contribution in [0.4, 0.5) is 8.78 Å². The van der Waals surface area contributed by atoms with Crippen molar-refractivity contribution in [3.05, 3.63) is 71.3 Å². The average molecular weight is 376 g/mol. The van der Waals surface area contributed by atoms with Crippen LogP contribution in [0.3, 0.4) is 0 Å². The number of benzene rings is 2. The van der Waals surface area contributed by atoms with Crippen LogP contribution in [0.1, 0.15) is 35.6 Å². The van der Waals surface area contributed by atoms with E-state index in [1.807, 2.05) is 5.01 Å². The normalized spacial score (nSPS) is 15.2. The summed E-state index contributed by atoms with van der Waals surface area (Å²) in [5.74, 6) is -0.388. The summed E-state index contributed by atoms with van der Waals surface area (Å²) in [4.78, 5) is 12.3. The molecule has 1 N–H and O–H groups in total. The van der Waals surface area contributed by atoms with Gasteiger partial charge in [-0.25, -0.2) is 13.8 Å². The molecule has 0 saturated carbocycles. The second-order valence-electron chi connectivity index (χ2n) is 6.38. The van der Waals surface area contributed by atoms with Gasteiger partial charge in [-0.1, -0.05) is 30.7 Å². The number of hydrogen-bond acceptors (Lipinski definition) is 3. The number of carbonyl (C=O) groups is 1. The molecule has 1 amide bonds. The highest BCUT2D eigenvalue weighted by molar-refractivity contribution is 8.00.